The van der Waals surface area contributed by atoms with E-state index < -0.39 is 0 Å². The number of nitrogens with one attached hydrogen (secondary N) is 1. The lowest BCUT2D eigenvalue weighted by Crippen LogP contribution is -2.29. The summed E-state index contributed by atoms with van der Waals surface area (Å²) in [5, 5.41) is 3.76. The molecule has 0 aliphatic carbocycles. The maximum Gasteiger partial charge on any atom is 0.134 e. The summed E-state index contributed by atoms with van der Waals surface area (Å²) in [6, 6.07) is 5.44. The molecule has 1 atom stereocenters. The molecule has 0 aromatic heterocycles. The lowest BCUT2D eigenvalue weighted by molar-refractivity contribution is 0.218. The molecule has 1 aromatic carbocycles. The van der Waals surface area contributed by atoms with Crippen LogP contribution in [0.15, 0.2) is 22.7 Å². The molecular weight excluding hydrogens is 289 g/mol. The molecule has 0 spiro atoms. The van der Waals surface area contributed by atoms with Crippen molar-refractivity contribution in [2.24, 2.45) is 0 Å². The SMILES string of the molecule is C#CCNCC(C)Oc1ccc(Cl)cc1Br. The molecule has 0 fully saturated rings. The van der Waals surface area contributed by atoms with Gasteiger partial charge in [-0.25, -0.2) is 0 Å². The molecule has 0 saturated carbocycles. The Morgan fingerprint density at radius 3 is 3.00 bits per heavy atom. The third-order valence-corrected chi connectivity index (χ3v) is 2.74. The first kappa shape index (κ1) is 13.4. The standard InChI is InChI=1S/C12H13BrClNO/c1-3-6-15-8-9(2)16-12-5-4-10(14)7-11(12)13/h1,4-5,7,9,15H,6,8H2,2H3. The average molecular weight is 303 g/mol. The number of ether oxygens (including phenoxy) is 1. The van der Waals surface area contributed by atoms with Crippen LogP contribution >= 0.6 is 27.5 Å². The zero-order valence-corrected chi connectivity index (χ0v) is 11.3. The summed E-state index contributed by atoms with van der Waals surface area (Å²) in [5.41, 5.74) is 0. The Morgan fingerprint density at radius 1 is 1.62 bits per heavy atom. The number of terminal acetylenes is 1. The van der Waals surface area contributed by atoms with Gasteiger partial charge in [0.2, 0.25) is 0 Å². The van der Waals surface area contributed by atoms with Gasteiger partial charge in [-0.3, -0.25) is 0 Å². The maximum atomic E-state index is 5.84. The smallest absolute Gasteiger partial charge is 0.134 e. The van der Waals surface area contributed by atoms with Crippen LogP contribution in [0.1, 0.15) is 6.92 Å². The van der Waals surface area contributed by atoms with Gasteiger partial charge in [-0.05, 0) is 41.1 Å². The van der Waals surface area contributed by atoms with E-state index in [4.69, 9.17) is 22.8 Å². The van der Waals surface area contributed by atoms with Crippen LogP contribution in [-0.4, -0.2) is 19.2 Å². The third-order valence-electron chi connectivity index (χ3n) is 1.88. The highest BCUT2D eigenvalue weighted by Crippen LogP contribution is 2.28. The molecule has 1 aromatic rings. The van der Waals surface area contributed by atoms with Crippen LogP contribution in [0.4, 0.5) is 0 Å². The average Bonchev–Trinajstić information content (AvgIpc) is 2.23. The zero-order chi connectivity index (χ0) is 12.0. The van der Waals surface area contributed by atoms with Crippen molar-refractivity contribution >= 4 is 27.5 Å². The molecule has 1 N–H and O–H groups in total. The fourth-order valence-corrected chi connectivity index (χ4v) is 1.95. The number of hydrogen-bond acceptors (Lipinski definition) is 2. The van der Waals surface area contributed by atoms with E-state index in [1.54, 1.807) is 12.1 Å². The predicted octanol–water partition coefficient (Wildman–Crippen LogP) is 3.09. The van der Waals surface area contributed by atoms with E-state index in [-0.39, 0.29) is 6.10 Å². The van der Waals surface area contributed by atoms with Crippen LogP contribution in [0.5, 0.6) is 5.75 Å². The Labute approximate surface area is 109 Å². The quantitative estimate of drug-likeness (QED) is 0.666. The Bertz CT molecular complexity index is 389. The topological polar surface area (TPSA) is 21.3 Å². The second kappa shape index (κ2) is 6.80. The van der Waals surface area contributed by atoms with Crippen LogP contribution in [-0.2, 0) is 0 Å². The first-order valence-electron chi connectivity index (χ1n) is 4.89. The summed E-state index contributed by atoms with van der Waals surface area (Å²) in [7, 11) is 0. The number of halogens is 2. The largest absolute Gasteiger partial charge is 0.488 e. The molecule has 0 amide bonds. The minimum Gasteiger partial charge on any atom is -0.488 e. The van der Waals surface area contributed by atoms with Gasteiger partial charge >= 0.3 is 0 Å². The normalized spacial score (nSPS) is 11.9. The second-order valence-corrected chi connectivity index (χ2v) is 4.63. The number of hydrogen-bond donors (Lipinski definition) is 1. The Kier molecular flexibility index (Phi) is 5.68. The van der Waals surface area contributed by atoms with Gasteiger partial charge in [0.15, 0.2) is 0 Å². The molecule has 16 heavy (non-hydrogen) atoms. The molecule has 1 rings (SSSR count). The van der Waals surface area contributed by atoms with Crippen LogP contribution < -0.4 is 10.1 Å². The molecule has 0 saturated heterocycles. The summed E-state index contributed by atoms with van der Waals surface area (Å²) in [5.74, 6) is 3.29. The summed E-state index contributed by atoms with van der Waals surface area (Å²) < 4.78 is 6.56. The van der Waals surface area contributed by atoms with Gasteiger partial charge in [0, 0.05) is 11.6 Å². The fraction of sp³-hybridized carbons (Fsp3) is 0.333. The van der Waals surface area contributed by atoms with Crippen molar-refractivity contribution in [3.63, 3.8) is 0 Å². The van der Waals surface area contributed by atoms with Gasteiger partial charge in [0.25, 0.3) is 0 Å². The van der Waals surface area contributed by atoms with E-state index in [0.29, 0.717) is 18.1 Å². The molecule has 4 heteroatoms. The van der Waals surface area contributed by atoms with Gasteiger partial charge in [0.05, 0.1) is 11.0 Å². The van der Waals surface area contributed by atoms with E-state index in [9.17, 15) is 0 Å². The van der Waals surface area contributed by atoms with Gasteiger partial charge < -0.3 is 10.1 Å². The number of benzene rings is 1. The van der Waals surface area contributed by atoms with E-state index in [1.807, 2.05) is 13.0 Å². The molecule has 1 unspecified atom stereocenters. The highest BCUT2D eigenvalue weighted by atomic mass is 79.9. The van der Waals surface area contributed by atoms with Crippen LogP contribution in [0.3, 0.4) is 0 Å². The van der Waals surface area contributed by atoms with Crippen LogP contribution in [0, 0.1) is 12.3 Å². The molecule has 0 radical (unpaired) electrons. The summed E-state index contributed by atoms with van der Waals surface area (Å²) >= 11 is 9.23. The van der Waals surface area contributed by atoms with E-state index >= 15 is 0 Å². The number of rotatable bonds is 5. The first-order chi connectivity index (χ1) is 7.63. The summed E-state index contributed by atoms with van der Waals surface area (Å²) in [6.45, 7) is 3.24. The van der Waals surface area contributed by atoms with Crippen molar-refractivity contribution in [1.82, 2.24) is 5.32 Å². The molecule has 0 aliphatic heterocycles. The first-order valence-corrected chi connectivity index (χ1v) is 6.06. The minimum absolute atomic E-state index is 0.0471. The Balaban J connectivity index is 2.50. The predicted molar refractivity (Wildman–Crippen MR) is 70.9 cm³/mol. The molecule has 0 bridgehead atoms. The fourth-order valence-electron chi connectivity index (χ4n) is 1.18. The van der Waals surface area contributed by atoms with E-state index in [1.165, 1.54) is 0 Å². The van der Waals surface area contributed by atoms with Crippen molar-refractivity contribution < 1.29 is 4.74 Å². The third kappa shape index (κ3) is 4.44. The maximum absolute atomic E-state index is 5.84. The van der Waals surface area contributed by atoms with Crippen LogP contribution in [0.2, 0.25) is 5.02 Å². The van der Waals surface area contributed by atoms with Gasteiger partial charge in [-0.15, -0.1) is 6.42 Å². The molecule has 2 nitrogen and oxygen atoms in total. The Morgan fingerprint density at radius 2 is 2.38 bits per heavy atom. The van der Waals surface area contributed by atoms with Gasteiger partial charge in [-0.2, -0.15) is 0 Å². The van der Waals surface area contributed by atoms with E-state index in [0.717, 1.165) is 10.2 Å². The molecular formula is C12H13BrClNO. The molecule has 0 aliphatic rings. The highest BCUT2D eigenvalue weighted by molar-refractivity contribution is 9.10. The summed E-state index contributed by atoms with van der Waals surface area (Å²) in [4.78, 5) is 0. The van der Waals surface area contributed by atoms with Crippen molar-refractivity contribution in [3.8, 4) is 18.1 Å². The van der Waals surface area contributed by atoms with Crippen molar-refractivity contribution in [1.29, 1.82) is 0 Å². The highest BCUT2D eigenvalue weighted by Gasteiger charge is 2.06. The van der Waals surface area contributed by atoms with Gasteiger partial charge in [-0.1, -0.05) is 17.5 Å². The minimum atomic E-state index is 0.0471. The second-order valence-electron chi connectivity index (χ2n) is 3.34. The van der Waals surface area contributed by atoms with E-state index in [2.05, 4.69) is 27.2 Å². The monoisotopic (exact) mass is 301 g/mol. The van der Waals surface area contributed by atoms with Crippen LogP contribution in [0.25, 0.3) is 0 Å². The van der Waals surface area contributed by atoms with Gasteiger partial charge in [0.1, 0.15) is 11.9 Å². The van der Waals surface area contributed by atoms with Crippen molar-refractivity contribution in [3.05, 3.63) is 27.7 Å². The van der Waals surface area contributed by atoms with Crippen molar-refractivity contribution in [2.75, 3.05) is 13.1 Å². The molecule has 0 heterocycles. The lowest BCUT2D eigenvalue weighted by atomic mass is 10.3. The summed E-state index contributed by atoms with van der Waals surface area (Å²) in [6.07, 6.45) is 5.18. The molecule has 86 valence electrons. The lowest BCUT2D eigenvalue weighted by Gasteiger charge is -2.15. The zero-order valence-electron chi connectivity index (χ0n) is 8.97. The Hall–Kier alpha value is -0.690. The van der Waals surface area contributed by atoms with Crippen molar-refractivity contribution in [2.45, 2.75) is 13.0 Å².